The second-order valence-electron chi connectivity index (χ2n) is 8.09. The Morgan fingerprint density at radius 3 is 1.96 bits per heavy atom. The highest BCUT2D eigenvalue weighted by atomic mass is 16.5. The first kappa shape index (κ1) is 23.9. The van der Waals surface area contributed by atoms with E-state index in [1.54, 1.807) is 0 Å². The Bertz CT molecular complexity index is 410. The summed E-state index contributed by atoms with van der Waals surface area (Å²) in [5, 5.41) is 19.2. The van der Waals surface area contributed by atoms with Crippen molar-refractivity contribution in [2.75, 3.05) is 6.61 Å². The van der Waals surface area contributed by atoms with Gasteiger partial charge in [0.1, 0.15) is 6.61 Å². The van der Waals surface area contributed by atoms with E-state index in [1.807, 2.05) is 0 Å². The van der Waals surface area contributed by atoms with Gasteiger partial charge < -0.3 is 14.9 Å². The normalized spacial score (nSPS) is 21.0. The van der Waals surface area contributed by atoms with Gasteiger partial charge in [-0.2, -0.15) is 0 Å². The van der Waals surface area contributed by atoms with Gasteiger partial charge in [0.2, 0.25) is 0 Å². The van der Waals surface area contributed by atoms with E-state index in [-0.39, 0.29) is 6.61 Å². The molecule has 0 radical (unpaired) electrons. The van der Waals surface area contributed by atoms with E-state index in [2.05, 4.69) is 6.92 Å². The topological polar surface area (TPSA) is 83.8 Å². The van der Waals surface area contributed by atoms with Gasteiger partial charge >= 0.3 is 11.9 Å². The Morgan fingerprint density at radius 2 is 1.41 bits per heavy atom. The average molecular weight is 385 g/mol. The maximum Gasteiger partial charge on any atom is 0.309 e. The molecule has 0 bridgehead atoms. The largest absolute Gasteiger partial charge is 0.481 e. The number of hydrogen-bond donors (Lipinski definition) is 2. The van der Waals surface area contributed by atoms with Crippen LogP contribution in [0.2, 0.25) is 0 Å². The van der Waals surface area contributed by atoms with Gasteiger partial charge in [-0.3, -0.25) is 9.59 Å². The highest BCUT2D eigenvalue weighted by Crippen LogP contribution is 2.31. The molecule has 0 aromatic rings. The molecule has 0 amide bonds. The summed E-state index contributed by atoms with van der Waals surface area (Å²) in [6, 6.07) is 0. The van der Waals surface area contributed by atoms with Crippen molar-refractivity contribution in [3.8, 4) is 0 Å². The molecule has 0 aromatic heterocycles. The van der Waals surface area contributed by atoms with Gasteiger partial charge in [-0.05, 0) is 19.3 Å². The minimum atomic E-state index is -0.914. The summed E-state index contributed by atoms with van der Waals surface area (Å²) >= 11 is 0. The van der Waals surface area contributed by atoms with Crippen molar-refractivity contribution in [3.63, 3.8) is 0 Å². The molecule has 5 heteroatoms. The van der Waals surface area contributed by atoms with Gasteiger partial charge in [-0.25, -0.2) is 0 Å². The standard InChI is InChI=1S/C22H40O5/c1-2-3-4-5-6-7-8-9-10-11-14-18(23)17-27-22(26)20-16-13-12-15-19(20)21(24)25/h18-20,23H,2-17H2,1H3,(H,24,25). The van der Waals surface area contributed by atoms with Gasteiger partial charge in [0.05, 0.1) is 17.9 Å². The number of aliphatic hydroxyl groups is 1. The summed E-state index contributed by atoms with van der Waals surface area (Å²) in [7, 11) is 0. The third-order valence-corrected chi connectivity index (χ3v) is 5.69. The molecule has 0 aromatic carbocycles. The number of carbonyl (C=O) groups excluding carboxylic acids is 1. The van der Waals surface area contributed by atoms with Crippen molar-refractivity contribution in [2.24, 2.45) is 11.8 Å². The predicted octanol–water partition coefficient (Wildman–Crippen LogP) is 5.09. The Balaban J connectivity index is 2.04. The lowest BCUT2D eigenvalue weighted by Gasteiger charge is -2.27. The molecule has 2 N–H and O–H groups in total. The van der Waals surface area contributed by atoms with Crippen LogP contribution in [0.25, 0.3) is 0 Å². The van der Waals surface area contributed by atoms with Crippen LogP contribution in [0.5, 0.6) is 0 Å². The SMILES string of the molecule is CCCCCCCCCCCCC(O)COC(=O)C1CCCCC1C(=O)O. The van der Waals surface area contributed by atoms with E-state index < -0.39 is 29.9 Å². The molecule has 1 rings (SSSR count). The molecule has 27 heavy (non-hydrogen) atoms. The number of hydrogen-bond acceptors (Lipinski definition) is 4. The molecule has 1 fully saturated rings. The fourth-order valence-electron chi connectivity index (χ4n) is 3.94. The van der Waals surface area contributed by atoms with Crippen molar-refractivity contribution < 1.29 is 24.5 Å². The smallest absolute Gasteiger partial charge is 0.309 e. The number of esters is 1. The molecule has 3 unspecified atom stereocenters. The van der Waals surface area contributed by atoms with E-state index in [9.17, 15) is 19.8 Å². The third kappa shape index (κ3) is 10.7. The molecule has 3 atom stereocenters. The summed E-state index contributed by atoms with van der Waals surface area (Å²) in [6.45, 7) is 2.22. The quantitative estimate of drug-likeness (QED) is 0.303. The van der Waals surface area contributed by atoms with Crippen LogP contribution in [0.1, 0.15) is 103 Å². The third-order valence-electron chi connectivity index (χ3n) is 5.69. The Labute approximate surface area is 164 Å². The molecule has 0 spiro atoms. The Hall–Kier alpha value is -1.10. The minimum absolute atomic E-state index is 0.0148. The van der Waals surface area contributed by atoms with Gasteiger partial charge in [-0.1, -0.05) is 84.0 Å². The Morgan fingerprint density at radius 1 is 0.889 bits per heavy atom. The fraction of sp³-hybridized carbons (Fsp3) is 0.909. The van der Waals surface area contributed by atoms with Crippen LogP contribution in [-0.4, -0.2) is 34.9 Å². The zero-order valence-corrected chi connectivity index (χ0v) is 17.2. The van der Waals surface area contributed by atoms with E-state index in [0.29, 0.717) is 19.3 Å². The van der Waals surface area contributed by atoms with E-state index >= 15 is 0 Å². The lowest BCUT2D eigenvalue weighted by atomic mass is 9.79. The van der Waals surface area contributed by atoms with Gasteiger partial charge in [0.25, 0.3) is 0 Å². The second kappa shape index (κ2) is 14.9. The van der Waals surface area contributed by atoms with Crippen molar-refractivity contribution in [1.82, 2.24) is 0 Å². The average Bonchev–Trinajstić information content (AvgIpc) is 2.67. The zero-order valence-electron chi connectivity index (χ0n) is 17.2. The molecule has 158 valence electrons. The van der Waals surface area contributed by atoms with Crippen LogP contribution < -0.4 is 0 Å². The Kier molecular flexibility index (Phi) is 13.2. The van der Waals surface area contributed by atoms with Crippen molar-refractivity contribution in [3.05, 3.63) is 0 Å². The van der Waals surface area contributed by atoms with E-state index in [1.165, 1.54) is 51.4 Å². The summed E-state index contributed by atoms with van der Waals surface area (Å²) < 4.78 is 5.21. The lowest BCUT2D eigenvalue weighted by Crippen LogP contribution is -2.35. The van der Waals surface area contributed by atoms with Crippen molar-refractivity contribution >= 4 is 11.9 Å². The van der Waals surface area contributed by atoms with Crippen LogP contribution in [0, 0.1) is 11.8 Å². The van der Waals surface area contributed by atoms with Crippen LogP contribution in [0.3, 0.4) is 0 Å². The number of carboxylic acid groups (broad SMARTS) is 1. The lowest BCUT2D eigenvalue weighted by molar-refractivity contribution is -0.161. The second-order valence-corrected chi connectivity index (χ2v) is 8.09. The van der Waals surface area contributed by atoms with Gasteiger partial charge in [0.15, 0.2) is 0 Å². The number of rotatable bonds is 15. The molecule has 0 saturated heterocycles. The number of ether oxygens (including phenoxy) is 1. The number of aliphatic hydroxyl groups excluding tert-OH is 1. The maximum atomic E-state index is 12.2. The van der Waals surface area contributed by atoms with Crippen LogP contribution in [0.15, 0.2) is 0 Å². The first-order valence-corrected chi connectivity index (χ1v) is 11.1. The summed E-state index contributed by atoms with van der Waals surface area (Å²) in [5.74, 6) is -2.56. The van der Waals surface area contributed by atoms with Gasteiger partial charge in [-0.15, -0.1) is 0 Å². The maximum absolute atomic E-state index is 12.2. The van der Waals surface area contributed by atoms with Crippen molar-refractivity contribution in [1.29, 1.82) is 0 Å². The predicted molar refractivity (Wildman–Crippen MR) is 107 cm³/mol. The highest BCUT2D eigenvalue weighted by molar-refractivity contribution is 5.81. The molecule has 5 nitrogen and oxygen atoms in total. The van der Waals surface area contributed by atoms with Crippen LogP contribution in [0.4, 0.5) is 0 Å². The zero-order chi connectivity index (χ0) is 19.9. The van der Waals surface area contributed by atoms with Crippen LogP contribution in [-0.2, 0) is 14.3 Å². The van der Waals surface area contributed by atoms with Crippen LogP contribution >= 0.6 is 0 Å². The monoisotopic (exact) mass is 384 g/mol. The first-order chi connectivity index (χ1) is 13.1. The number of carbonyl (C=O) groups is 2. The molecule has 0 heterocycles. The number of unbranched alkanes of at least 4 members (excludes halogenated alkanes) is 9. The molecular formula is C22H40O5. The fourth-order valence-corrected chi connectivity index (χ4v) is 3.94. The number of aliphatic carboxylic acids is 1. The number of carboxylic acids is 1. The summed E-state index contributed by atoms with van der Waals surface area (Å²) in [4.78, 5) is 23.4. The molecular weight excluding hydrogens is 344 g/mol. The molecule has 0 aliphatic heterocycles. The molecule has 1 saturated carbocycles. The van der Waals surface area contributed by atoms with Crippen molar-refractivity contribution in [2.45, 2.75) is 109 Å². The first-order valence-electron chi connectivity index (χ1n) is 11.1. The highest BCUT2D eigenvalue weighted by Gasteiger charge is 2.36. The molecule has 1 aliphatic carbocycles. The summed E-state index contributed by atoms with van der Waals surface area (Å²) in [5.41, 5.74) is 0. The van der Waals surface area contributed by atoms with E-state index in [4.69, 9.17) is 4.74 Å². The minimum Gasteiger partial charge on any atom is -0.481 e. The van der Waals surface area contributed by atoms with E-state index in [0.717, 1.165) is 25.7 Å². The molecule has 1 aliphatic rings. The summed E-state index contributed by atoms with van der Waals surface area (Å²) in [6.07, 6.45) is 15.3. The van der Waals surface area contributed by atoms with Gasteiger partial charge in [0, 0.05) is 0 Å².